The molecule has 2 fully saturated rings. The second kappa shape index (κ2) is 10.2. The van der Waals surface area contributed by atoms with E-state index in [2.05, 4.69) is 30.7 Å². The molecule has 2 saturated carbocycles. The summed E-state index contributed by atoms with van der Waals surface area (Å²) in [7, 11) is 0. The Bertz CT molecular complexity index is 903. The number of nitrogens with one attached hydrogen (secondary N) is 3. The molecule has 0 bridgehead atoms. The fraction of sp³-hybridized carbons (Fsp3) is 0.545. The molecule has 3 amide bonds. The van der Waals surface area contributed by atoms with E-state index in [1.807, 2.05) is 6.26 Å². The minimum atomic E-state index is -0.199. The van der Waals surface area contributed by atoms with E-state index in [1.54, 1.807) is 36.0 Å². The number of hydrogen-bond acceptors (Lipinski definition) is 5. The number of nitrogens with zero attached hydrogens (tertiary/aromatic N) is 3. The van der Waals surface area contributed by atoms with Gasteiger partial charge >= 0.3 is 6.03 Å². The van der Waals surface area contributed by atoms with E-state index in [0.29, 0.717) is 29.9 Å². The molecular formula is C22H30N6O2S. The van der Waals surface area contributed by atoms with Crippen LogP contribution in [0.4, 0.5) is 10.5 Å². The molecule has 2 aliphatic carbocycles. The van der Waals surface area contributed by atoms with Crippen LogP contribution in [0.15, 0.2) is 29.4 Å². The lowest BCUT2D eigenvalue weighted by Crippen LogP contribution is -2.30. The molecule has 1 aromatic heterocycles. The number of hydrogen-bond donors (Lipinski definition) is 3. The fourth-order valence-electron chi connectivity index (χ4n) is 3.98. The van der Waals surface area contributed by atoms with Gasteiger partial charge in [0.25, 0.3) is 5.91 Å². The number of thioether (sulfide) groups is 1. The summed E-state index contributed by atoms with van der Waals surface area (Å²) < 4.78 is 2.31. The minimum Gasteiger partial charge on any atom is -0.352 e. The standard InChI is InChI=1S/C22H30N6O2S/c1-31-22-27-26-19(28(22)18-5-2-3-6-18)7-4-14-23-20(29)15-8-10-16(11-9-15)24-21(30)25-17-12-13-17/h8-11,17-18H,2-7,12-14H2,1H3,(H,23,29)(H2,24,25,30). The largest absolute Gasteiger partial charge is 0.352 e. The van der Waals surface area contributed by atoms with Crippen LogP contribution < -0.4 is 16.0 Å². The van der Waals surface area contributed by atoms with E-state index in [9.17, 15) is 9.59 Å². The van der Waals surface area contributed by atoms with Gasteiger partial charge in [0.15, 0.2) is 5.16 Å². The first-order valence-electron chi connectivity index (χ1n) is 11.1. The molecule has 166 valence electrons. The number of aryl methyl sites for hydroxylation is 1. The highest BCUT2D eigenvalue weighted by molar-refractivity contribution is 7.98. The van der Waals surface area contributed by atoms with Gasteiger partial charge in [-0.25, -0.2) is 4.79 Å². The summed E-state index contributed by atoms with van der Waals surface area (Å²) in [6, 6.07) is 7.57. The van der Waals surface area contributed by atoms with Gasteiger partial charge in [0.05, 0.1) is 0 Å². The van der Waals surface area contributed by atoms with E-state index in [-0.39, 0.29) is 11.9 Å². The monoisotopic (exact) mass is 442 g/mol. The Balaban J connectivity index is 1.23. The van der Waals surface area contributed by atoms with Crippen LogP contribution in [0.25, 0.3) is 0 Å². The van der Waals surface area contributed by atoms with Crippen LogP contribution in [-0.4, -0.2) is 45.5 Å². The summed E-state index contributed by atoms with van der Waals surface area (Å²) in [5.74, 6) is 0.904. The highest BCUT2D eigenvalue weighted by Gasteiger charge is 2.24. The molecule has 31 heavy (non-hydrogen) atoms. The zero-order valence-corrected chi connectivity index (χ0v) is 18.7. The molecule has 0 unspecified atom stereocenters. The molecule has 0 spiro atoms. The van der Waals surface area contributed by atoms with Crippen LogP contribution in [0.3, 0.4) is 0 Å². The second-order valence-electron chi connectivity index (χ2n) is 8.22. The highest BCUT2D eigenvalue weighted by Crippen LogP contribution is 2.33. The van der Waals surface area contributed by atoms with E-state index >= 15 is 0 Å². The molecule has 3 N–H and O–H groups in total. The number of anilines is 1. The van der Waals surface area contributed by atoms with Crippen molar-refractivity contribution in [2.75, 3.05) is 18.1 Å². The van der Waals surface area contributed by atoms with Crippen LogP contribution in [0.2, 0.25) is 0 Å². The van der Waals surface area contributed by atoms with Crippen molar-refractivity contribution in [3.05, 3.63) is 35.7 Å². The molecule has 2 aromatic rings. The van der Waals surface area contributed by atoms with E-state index in [4.69, 9.17) is 0 Å². The van der Waals surface area contributed by atoms with E-state index < -0.39 is 0 Å². The van der Waals surface area contributed by atoms with Gasteiger partial charge in [-0.15, -0.1) is 10.2 Å². The fourth-order valence-corrected chi connectivity index (χ4v) is 4.56. The normalized spacial score (nSPS) is 16.3. The number of carbonyl (C=O) groups excluding carboxylic acids is 2. The van der Waals surface area contributed by atoms with Crippen molar-refractivity contribution in [3.63, 3.8) is 0 Å². The first kappa shape index (κ1) is 21.7. The lowest BCUT2D eigenvalue weighted by atomic mass is 10.2. The predicted molar refractivity (Wildman–Crippen MR) is 122 cm³/mol. The van der Waals surface area contributed by atoms with Gasteiger partial charge in [-0.2, -0.15) is 0 Å². The highest BCUT2D eigenvalue weighted by atomic mass is 32.2. The average Bonchev–Trinajstić information content (AvgIpc) is 3.26. The Labute approximate surface area is 187 Å². The van der Waals surface area contributed by atoms with Crippen molar-refractivity contribution in [3.8, 4) is 0 Å². The number of amides is 3. The predicted octanol–water partition coefficient (Wildman–Crippen LogP) is 3.76. The maximum atomic E-state index is 12.4. The third-order valence-electron chi connectivity index (χ3n) is 5.79. The van der Waals surface area contributed by atoms with Crippen LogP contribution in [-0.2, 0) is 6.42 Å². The van der Waals surface area contributed by atoms with Gasteiger partial charge in [0.2, 0.25) is 0 Å². The molecule has 4 rings (SSSR count). The van der Waals surface area contributed by atoms with Crippen molar-refractivity contribution >= 4 is 29.4 Å². The van der Waals surface area contributed by atoms with Gasteiger partial charge in [-0.3, -0.25) is 4.79 Å². The lowest BCUT2D eigenvalue weighted by molar-refractivity contribution is 0.0953. The Morgan fingerprint density at radius 2 is 1.84 bits per heavy atom. The van der Waals surface area contributed by atoms with Crippen molar-refractivity contribution in [2.24, 2.45) is 0 Å². The van der Waals surface area contributed by atoms with Gasteiger partial charge in [0.1, 0.15) is 5.82 Å². The van der Waals surface area contributed by atoms with Gasteiger partial charge in [0, 0.05) is 36.3 Å². The Morgan fingerprint density at radius 3 is 2.52 bits per heavy atom. The number of aromatic nitrogens is 3. The smallest absolute Gasteiger partial charge is 0.319 e. The van der Waals surface area contributed by atoms with Crippen molar-refractivity contribution in [2.45, 2.75) is 68.6 Å². The Hall–Kier alpha value is -2.55. The lowest BCUT2D eigenvalue weighted by Gasteiger charge is -2.16. The molecule has 1 heterocycles. The van der Waals surface area contributed by atoms with Crippen molar-refractivity contribution in [1.29, 1.82) is 0 Å². The molecule has 0 atom stereocenters. The van der Waals surface area contributed by atoms with Crippen molar-refractivity contribution < 1.29 is 9.59 Å². The summed E-state index contributed by atoms with van der Waals surface area (Å²) in [6.07, 6.45) is 10.7. The van der Waals surface area contributed by atoms with Gasteiger partial charge in [-0.05, 0) is 62.6 Å². The summed E-state index contributed by atoms with van der Waals surface area (Å²) >= 11 is 1.64. The third-order valence-corrected chi connectivity index (χ3v) is 6.43. The number of carbonyl (C=O) groups is 2. The quantitative estimate of drug-likeness (QED) is 0.405. The second-order valence-corrected chi connectivity index (χ2v) is 8.99. The molecule has 2 aliphatic rings. The van der Waals surface area contributed by atoms with Gasteiger partial charge < -0.3 is 20.5 Å². The first-order valence-corrected chi connectivity index (χ1v) is 12.3. The summed E-state index contributed by atoms with van der Waals surface area (Å²) in [6.45, 7) is 0.578. The van der Waals surface area contributed by atoms with Crippen LogP contribution in [0, 0.1) is 0 Å². The van der Waals surface area contributed by atoms with Crippen LogP contribution in [0.1, 0.15) is 67.2 Å². The summed E-state index contributed by atoms with van der Waals surface area (Å²) in [4.78, 5) is 24.2. The van der Waals surface area contributed by atoms with Crippen LogP contribution >= 0.6 is 11.8 Å². The average molecular weight is 443 g/mol. The number of urea groups is 1. The van der Waals surface area contributed by atoms with E-state index in [1.165, 1.54) is 25.7 Å². The van der Waals surface area contributed by atoms with E-state index in [0.717, 1.165) is 36.7 Å². The Kier molecular flexibility index (Phi) is 7.11. The van der Waals surface area contributed by atoms with Crippen molar-refractivity contribution in [1.82, 2.24) is 25.4 Å². The molecule has 0 saturated heterocycles. The SMILES string of the molecule is CSc1nnc(CCCNC(=O)c2ccc(NC(=O)NC3CC3)cc2)n1C1CCCC1. The molecule has 8 nitrogen and oxygen atoms in total. The van der Waals surface area contributed by atoms with Gasteiger partial charge in [-0.1, -0.05) is 24.6 Å². The molecule has 0 radical (unpaired) electrons. The zero-order valence-electron chi connectivity index (χ0n) is 17.9. The molecule has 1 aromatic carbocycles. The summed E-state index contributed by atoms with van der Waals surface area (Å²) in [5.41, 5.74) is 1.25. The molecular weight excluding hydrogens is 412 g/mol. The van der Waals surface area contributed by atoms with Crippen LogP contribution in [0.5, 0.6) is 0 Å². The maximum absolute atomic E-state index is 12.4. The number of rotatable bonds is 9. The topological polar surface area (TPSA) is 101 Å². The maximum Gasteiger partial charge on any atom is 0.319 e. The Morgan fingerprint density at radius 1 is 1.10 bits per heavy atom. The zero-order chi connectivity index (χ0) is 21.6. The third kappa shape index (κ3) is 5.78. The molecule has 9 heteroatoms. The minimum absolute atomic E-state index is 0.115. The summed E-state index contributed by atoms with van der Waals surface area (Å²) in [5, 5.41) is 18.4. The first-order chi connectivity index (χ1) is 15.1. The molecule has 0 aliphatic heterocycles. The number of benzene rings is 1.